The summed E-state index contributed by atoms with van der Waals surface area (Å²) in [4.78, 5) is 0. The first-order valence-electron chi connectivity index (χ1n) is 3.03. The molecule has 1 aliphatic rings. The van der Waals surface area contributed by atoms with Crippen LogP contribution in [0.4, 0.5) is 0 Å². The predicted octanol–water partition coefficient (Wildman–Crippen LogP) is 1.54. The van der Waals surface area contributed by atoms with Gasteiger partial charge in [0.2, 0.25) is 0 Å². The molecule has 58 valence electrons. The van der Waals surface area contributed by atoms with Crippen LogP contribution in [0.2, 0.25) is 0 Å². The van der Waals surface area contributed by atoms with Gasteiger partial charge in [-0.1, -0.05) is 15.9 Å². The van der Waals surface area contributed by atoms with Crippen LogP contribution in [0.5, 0.6) is 0 Å². The summed E-state index contributed by atoms with van der Waals surface area (Å²) in [6.45, 7) is 0. The van der Waals surface area contributed by atoms with Crippen molar-refractivity contribution in [2.45, 2.75) is 25.0 Å². The molecule has 0 bridgehead atoms. The van der Waals surface area contributed by atoms with Gasteiger partial charge in [-0.3, -0.25) is 0 Å². The molecule has 0 aromatic heterocycles. The molecule has 0 fully saturated rings. The van der Waals surface area contributed by atoms with E-state index < -0.39 is 12.2 Å². The molecule has 0 saturated heterocycles. The summed E-state index contributed by atoms with van der Waals surface area (Å²) in [6.07, 6.45) is 0.224. The van der Waals surface area contributed by atoms with Crippen LogP contribution in [0.1, 0.15) is 12.8 Å². The largest absolute Gasteiger partial charge is 0.390 e. The van der Waals surface area contributed by atoms with Crippen LogP contribution in [0.3, 0.4) is 0 Å². The Kier molecular flexibility index (Phi) is 3.15. The lowest BCUT2D eigenvalue weighted by Crippen LogP contribution is -2.29. The van der Waals surface area contributed by atoms with Gasteiger partial charge in [-0.05, 0) is 35.4 Å². The average Bonchev–Trinajstić information content (AvgIpc) is 1.93. The lowest BCUT2D eigenvalue weighted by molar-refractivity contribution is 0.0373. The molecule has 1 aliphatic carbocycles. The summed E-state index contributed by atoms with van der Waals surface area (Å²) in [5.74, 6) is 0. The van der Waals surface area contributed by atoms with Crippen molar-refractivity contribution >= 4 is 38.5 Å². The molecule has 0 amide bonds. The third-order valence-corrected chi connectivity index (χ3v) is 4.40. The van der Waals surface area contributed by atoms with E-state index in [0.717, 1.165) is 14.5 Å². The quantitative estimate of drug-likeness (QED) is 0.665. The Balaban J connectivity index is 2.77. The van der Waals surface area contributed by atoms with Gasteiger partial charge in [-0.2, -0.15) is 0 Å². The van der Waals surface area contributed by atoms with Crippen molar-refractivity contribution in [3.8, 4) is 0 Å². The monoisotopic (exact) mass is 318 g/mol. The SMILES string of the molecule is O[C@@H]1C(I)=C(Br)CC[C@@H]1O. The molecule has 10 heavy (non-hydrogen) atoms. The van der Waals surface area contributed by atoms with E-state index in [1.54, 1.807) is 0 Å². The van der Waals surface area contributed by atoms with E-state index in [1.165, 1.54) is 0 Å². The van der Waals surface area contributed by atoms with E-state index in [9.17, 15) is 5.11 Å². The fourth-order valence-corrected chi connectivity index (χ4v) is 2.03. The van der Waals surface area contributed by atoms with E-state index in [4.69, 9.17) is 5.11 Å². The molecule has 4 heteroatoms. The number of aliphatic hydroxyl groups excluding tert-OH is 2. The van der Waals surface area contributed by atoms with Crippen molar-refractivity contribution < 1.29 is 10.2 Å². The van der Waals surface area contributed by atoms with Gasteiger partial charge in [0.15, 0.2) is 0 Å². The molecule has 0 unspecified atom stereocenters. The number of hydrogen-bond donors (Lipinski definition) is 2. The fraction of sp³-hybridized carbons (Fsp3) is 0.667. The Labute approximate surface area is 81.6 Å². The van der Waals surface area contributed by atoms with Crippen LogP contribution in [-0.4, -0.2) is 22.4 Å². The van der Waals surface area contributed by atoms with Gasteiger partial charge in [0.1, 0.15) is 6.10 Å². The van der Waals surface area contributed by atoms with Gasteiger partial charge in [-0.15, -0.1) is 0 Å². The first-order valence-corrected chi connectivity index (χ1v) is 4.90. The van der Waals surface area contributed by atoms with E-state index in [-0.39, 0.29) is 0 Å². The maximum absolute atomic E-state index is 9.27. The van der Waals surface area contributed by atoms with E-state index in [2.05, 4.69) is 15.9 Å². The Morgan fingerprint density at radius 3 is 2.60 bits per heavy atom. The first kappa shape index (κ1) is 8.96. The first-order chi connectivity index (χ1) is 4.63. The third kappa shape index (κ3) is 1.72. The topological polar surface area (TPSA) is 40.5 Å². The molecule has 0 radical (unpaired) electrons. The highest BCUT2D eigenvalue weighted by molar-refractivity contribution is 14.1. The molecule has 0 aliphatic heterocycles. The van der Waals surface area contributed by atoms with Crippen molar-refractivity contribution in [2.24, 2.45) is 0 Å². The number of halogens is 2. The zero-order valence-corrected chi connectivity index (χ0v) is 8.96. The Morgan fingerprint density at radius 2 is 2.10 bits per heavy atom. The molecule has 0 spiro atoms. The molecule has 1 rings (SSSR count). The maximum atomic E-state index is 9.27. The second kappa shape index (κ2) is 3.51. The van der Waals surface area contributed by atoms with Crippen LogP contribution in [0.15, 0.2) is 8.06 Å². The third-order valence-electron chi connectivity index (χ3n) is 1.54. The van der Waals surface area contributed by atoms with E-state index in [1.807, 2.05) is 22.6 Å². The van der Waals surface area contributed by atoms with Gasteiger partial charge in [0.05, 0.1) is 6.10 Å². The fourth-order valence-electron chi connectivity index (χ4n) is 0.881. The zero-order valence-electron chi connectivity index (χ0n) is 5.22. The molecule has 2 atom stereocenters. The van der Waals surface area contributed by atoms with Crippen molar-refractivity contribution in [1.82, 2.24) is 0 Å². The molecule has 2 N–H and O–H groups in total. The Bertz CT molecular complexity index is 169. The van der Waals surface area contributed by atoms with Crippen molar-refractivity contribution in [1.29, 1.82) is 0 Å². The summed E-state index contributed by atoms with van der Waals surface area (Å²) in [6, 6.07) is 0. The molecular formula is C6H8BrIO2. The van der Waals surface area contributed by atoms with Gasteiger partial charge >= 0.3 is 0 Å². The van der Waals surface area contributed by atoms with Gasteiger partial charge < -0.3 is 10.2 Å². The van der Waals surface area contributed by atoms with Gasteiger partial charge in [0.25, 0.3) is 0 Å². The number of allylic oxidation sites excluding steroid dienone is 1. The summed E-state index contributed by atoms with van der Waals surface area (Å²) < 4.78 is 1.85. The highest BCUT2D eigenvalue weighted by Crippen LogP contribution is 2.33. The normalized spacial score (nSPS) is 34.8. The molecule has 0 aromatic rings. The minimum atomic E-state index is -0.677. The van der Waals surface area contributed by atoms with Crippen LogP contribution in [-0.2, 0) is 0 Å². The Hall–Kier alpha value is 0.870. The van der Waals surface area contributed by atoms with Crippen molar-refractivity contribution in [2.75, 3.05) is 0 Å². The number of hydrogen-bond acceptors (Lipinski definition) is 2. The zero-order chi connectivity index (χ0) is 7.72. The highest BCUT2D eigenvalue weighted by Gasteiger charge is 2.25. The summed E-state index contributed by atoms with van der Waals surface area (Å²) >= 11 is 5.37. The average molecular weight is 319 g/mol. The second-order valence-corrected chi connectivity index (χ2v) is 4.42. The molecule has 0 aromatic carbocycles. The predicted molar refractivity (Wildman–Crippen MR) is 51.2 cm³/mol. The van der Waals surface area contributed by atoms with Gasteiger partial charge in [-0.25, -0.2) is 0 Å². The minimum Gasteiger partial charge on any atom is -0.390 e. The Morgan fingerprint density at radius 1 is 1.50 bits per heavy atom. The lowest BCUT2D eigenvalue weighted by Gasteiger charge is -2.23. The molecule has 0 heterocycles. The van der Waals surface area contributed by atoms with Crippen molar-refractivity contribution in [3.05, 3.63) is 8.06 Å². The van der Waals surface area contributed by atoms with Crippen LogP contribution in [0, 0.1) is 0 Å². The number of rotatable bonds is 0. The van der Waals surface area contributed by atoms with Crippen molar-refractivity contribution in [3.63, 3.8) is 0 Å². The smallest absolute Gasteiger partial charge is 0.111 e. The summed E-state index contributed by atoms with van der Waals surface area (Å²) in [7, 11) is 0. The summed E-state index contributed by atoms with van der Waals surface area (Å²) in [5, 5.41) is 18.4. The maximum Gasteiger partial charge on any atom is 0.111 e. The standard InChI is InChI=1S/C6H8BrIO2/c7-3-1-2-4(9)6(10)5(3)8/h4,6,9-10H,1-2H2/t4-,6-/m0/s1. The van der Waals surface area contributed by atoms with E-state index >= 15 is 0 Å². The van der Waals surface area contributed by atoms with Crippen LogP contribution in [0.25, 0.3) is 0 Å². The number of aliphatic hydroxyl groups is 2. The molecule has 0 saturated carbocycles. The van der Waals surface area contributed by atoms with Gasteiger partial charge in [0, 0.05) is 8.06 Å². The molecule has 2 nitrogen and oxygen atoms in total. The summed E-state index contributed by atoms with van der Waals surface area (Å²) in [5.41, 5.74) is 0. The van der Waals surface area contributed by atoms with E-state index in [0.29, 0.717) is 6.42 Å². The second-order valence-electron chi connectivity index (χ2n) is 2.30. The minimum absolute atomic E-state index is 0.576. The van der Waals surface area contributed by atoms with Crippen LogP contribution < -0.4 is 0 Å². The lowest BCUT2D eigenvalue weighted by atomic mass is 10.0. The highest BCUT2D eigenvalue weighted by atomic mass is 127. The van der Waals surface area contributed by atoms with Crippen LogP contribution >= 0.6 is 38.5 Å². The molecular weight excluding hydrogens is 311 g/mol.